The van der Waals surface area contributed by atoms with E-state index in [1.807, 2.05) is 25.7 Å². The Kier molecular flexibility index (Phi) is 5.32. The number of carbonyl (C=O) groups is 2. The predicted octanol–water partition coefficient (Wildman–Crippen LogP) is 2.45. The number of rotatable bonds is 4. The zero-order valence-electron chi connectivity index (χ0n) is 17.2. The van der Waals surface area contributed by atoms with E-state index < -0.39 is 11.7 Å². The second-order valence-electron chi connectivity index (χ2n) is 8.43. The lowest BCUT2D eigenvalue weighted by Crippen LogP contribution is -2.46. The van der Waals surface area contributed by atoms with Crippen LogP contribution in [0.15, 0.2) is 12.1 Å². The fourth-order valence-corrected chi connectivity index (χ4v) is 4.25. The second-order valence-corrected chi connectivity index (χ2v) is 8.43. The van der Waals surface area contributed by atoms with Gasteiger partial charge in [-0.25, -0.2) is 4.79 Å². The molecular formula is C20H30N4O4. The van der Waals surface area contributed by atoms with E-state index in [0.717, 1.165) is 12.8 Å². The molecule has 0 aromatic heterocycles. The molecule has 1 saturated heterocycles. The number of carbonyl (C=O) groups excluding carboxylic acids is 2. The van der Waals surface area contributed by atoms with Gasteiger partial charge in [-0.3, -0.25) is 4.79 Å². The van der Waals surface area contributed by atoms with Crippen LogP contribution in [0.5, 0.6) is 5.75 Å². The van der Waals surface area contributed by atoms with Crippen molar-refractivity contribution in [2.75, 3.05) is 31.8 Å². The van der Waals surface area contributed by atoms with Gasteiger partial charge in [0.15, 0.2) is 0 Å². The van der Waals surface area contributed by atoms with Crippen LogP contribution in [0.4, 0.5) is 16.2 Å². The molecule has 0 unspecified atom stereocenters. The number of hydrogen-bond acceptors (Lipinski definition) is 6. The summed E-state index contributed by atoms with van der Waals surface area (Å²) in [6, 6.07) is 3.24. The molecule has 154 valence electrons. The fraction of sp³-hybridized carbons (Fsp3) is 0.600. The largest absolute Gasteiger partial charge is 0.494 e. The summed E-state index contributed by atoms with van der Waals surface area (Å²) in [7, 11) is 3.30. The third-order valence-electron chi connectivity index (χ3n) is 5.38. The van der Waals surface area contributed by atoms with Gasteiger partial charge in [-0.15, -0.1) is 0 Å². The van der Waals surface area contributed by atoms with Crippen molar-refractivity contribution in [3.63, 3.8) is 0 Å². The minimum Gasteiger partial charge on any atom is -0.494 e. The van der Waals surface area contributed by atoms with E-state index in [-0.39, 0.29) is 23.9 Å². The molecule has 2 bridgehead atoms. The molecule has 0 radical (unpaired) electrons. The number of fused-ring (bicyclic) bond motifs is 2. The van der Waals surface area contributed by atoms with Crippen LogP contribution in [0.3, 0.4) is 0 Å². The van der Waals surface area contributed by atoms with Crippen molar-refractivity contribution in [2.45, 2.75) is 51.3 Å². The topological polar surface area (TPSA) is 106 Å². The zero-order valence-corrected chi connectivity index (χ0v) is 17.2. The number of amides is 2. The van der Waals surface area contributed by atoms with Crippen molar-refractivity contribution < 1.29 is 19.1 Å². The number of piperidine rings is 1. The standard InChI is InChI=1S/C20H30N4O4/c1-20(2,3)28-19(26)23-16-11-6-7-14(16)24(10-11)18(25)12-8-13(21)17(22-4)15(9-12)27-5/h8-9,11,14,16,22H,6-7,10,21H2,1-5H3,(H,23,26)/t11-,14-,16-/m1/s1. The molecule has 0 spiro atoms. The number of ether oxygens (including phenoxy) is 2. The second kappa shape index (κ2) is 7.41. The van der Waals surface area contributed by atoms with Crippen LogP contribution in [0.25, 0.3) is 0 Å². The van der Waals surface area contributed by atoms with Gasteiger partial charge in [0, 0.05) is 19.2 Å². The lowest BCUT2D eigenvalue weighted by Gasteiger charge is -2.28. The highest BCUT2D eigenvalue weighted by Crippen LogP contribution is 2.40. The smallest absolute Gasteiger partial charge is 0.407 e. The van der Waals surface area contributed by atoms with E-state index >= 15 is 0 Å². The number of hydrogen-bond donors (Lipinski definition) is 3. The summed E-state index contributed by atoms with van der Waals surface area (Å²) in [5.74, 6) is 0.659. The van der Waals surface area contributed by atoms with Gasteiger partial charge in [-0.1, -0.05) is 0 Å². The molecule has 1 aliphatic heterocycles. The first-order chi connectivity index (χ1) is 13.1. The minimum absolute atomic E-state index is 0.0405. The molecule has 28 heavy (non-hydrogen) atoms. The molecule has 3 atom stereocenters. The summed E-state index contributed by atoms with van der Waals surface area (Å²) >= 11 is 0. The molecule has 8 nitrogen and oxygen atoms in total. The monoisotopic (exact) mass is 390 g/mol. The first-order valence-corrected chi connectivity index (χ1v) is 9.60. The Bertz CT molecular complexity index is 774. The minimum atomic E-state index is -0.555. The number of nitrogens with zero attached hydrogens (tertiary/aromatic N) is 1. The Hall–Kier alpha value is -2.64. The third kappa shape index (κ3) is 3.81. The zero-order chi connectivity index (χ0) is 20.6. The molecule has 8 heteroatoms. The molecule has 1 aromatic carbocycles. The van der Waals surface area contributed by atoms with Crippen molar-refractivity contribution in [1.29, 1.82) is 0 Å². The Labute approximate surface area is 165 Å². The maximum atomic E-state index is 13.2. The Balaban J connectivity index is 1.76. The van der Waals surface area contributed by atoms with Crippen molar-refractivity contribution in [3.8, 4) is 5.75 Å². The van der Waals surface area contributed by atoms with Crippen LogP contribution >= 0.6 is 0 Å². The van der Waals surface area contributed by atoms with Crippen molar-refractivity contribution in [3.05, 3.63) is 17.7 Å². The highest BCUT2D eigenvalue weighted by Gasteiger charge is 2.49. The number of methoxy groups -OCH3 is 1. The number of anilines is 2. The number of likely N-dealkylation sites (tertiary alicyclic amines) is 1. The molecule has 1 aliphatic carbocycles. The fourth-order valence-electron chi connectivity index (χ4n) is 4.25. The first-order valence-electron chi connectivity index (χ1n) is 9.60. The lowest BCUT2D eigenvalue weighted by molar-refractivity contribution is 0.0485. The molecule has 2 aliphatic rings. The number of benzene rings is 1. The van der Waals surface area contributed by atoms with Crippen LogP contribution in [-0.4, -0.2) is 55.3 Å². The van der Waals surface area contributed by atoms with E-state index in [4.69, 9.17) is 15.2 Å². The summed E-state index contributed by atoms with van der Waals surface area (Å²) in [5.41, 5.74) is 7.13. The van der Waals surface area contributed by atoms with Crippen LogP contribution < -0.4 is 21.1 Å². The van der Waals surface area contributed by atoms with Gasteiger partial charge < -0.3 is 30.7 Å². The van der Waals surface area contributed by atoms with Crippen LogP contribution in [0.1, 0.15) is 44.0 Å². The van der Waals surface area contributed by atoms with E-state index in [1.165, 1.54) is 0 Å². The van der Waals surface area contributed by atoms with Gasteiger partial charge in [-0.05, 0) is 51.7 Å². The summed E-state index contributed by atoms with van der Waals surface area (Å²) in [6.07, 6.45) is 1.41. The average Bonchev–Trinajstić information content (AvgIpc) is 3.15. The summed E-state index contributed by atoms with van der Waals surface area (Å²) in [5, 5.41) is 5.96. The number of nitrogen functional groups attached to an aromatic ring is 1. The summed E-state index contributed by atoms with van der Waals surface area (Å²) in [6.45, 7) is 6.11. The van der Waals surface area contributed by atoms with Gasteiger partial charge in [0.2, 0.25) is 0 Å². The normalized spacial score (nSPS) is 23.5. The van der Waals surface area contributed by atoms with E-state index in [2.05, 4.69) is 10.6 Å². The Morgan fingerprint density at radius 2 is 1.96 bits per heavy atom. The van der Waals surface area contributed by atoms with Crippen molar-refractivity contribution >= 4 is 23.4 Å². The third-order valence-corrected chi connectivity index (χ3v) is 5.38. The van der Waals surface area contributed by atoms with Crippen LogP contribution in [0.2, 0.25) is 0 Å². The molecule has 1 heterocycles. The molecule has 4 N–H and O–H groups in total. The van der Waals surface area contributed by atoms with Gasteiger partial charge >= 0.3 is 6.09 Å². The molecular weight excluding hydrogens is 360 g/mol. The van der Waals surface area contributed by atoms with Gasteiger partial charge in [0.25, 0.3) is 5.91 Å². The highest BCUT2D eigenvalue weighted by atomic mass is 16.6. The predicted molar refractivity (Wildman–Crippen MR) is 108 cm³/mol. The maximum Gasteiger partial charge on any atom is 0.407 e. The maximum absolute atomic E-state index is 13.2. The Morgan fingerprint density at radius 3 is 2.57 bits per heavy atom. The number of nitrogens with two attached hydrogens (primary N) is 1. The van der Waals surface area contributed by atoms with Gasteiger partial charge in [-0.2, -0.15) is 0 Å². The summed E-state index contributed by atoms with van der Waals surface area (Å²) < 4.78 is 10.7. The van der Waals surface area contributed by atoms with Crippen LogP contribution in [0, 0.1) is 5.92 Å². The van der Waals surface area contributed by atoms with E-state index in [1.54, 1.807) is 26.3 Å². The molecule has 2 amide bonds. The molecule has 1 saturated carbocycles. The van der Waals surface area contributed by atoms with Crippen molar-refractivity contribution in [2.24, 2.45) is 5.92 Å². The summed E-state index contributed by atoms with van der Waals surface area (Å²) in [4.78, 5) is 27.2. The number of alkyl carbamates (subject to hydrolysis) is 1. The quantitative estimate of drug-likeness (QED) is 0.682. The lowest BCUT2D eigenvalue weighted by atomic mass is 10.1. The van der Waals surface area contributed by atoms with Gasteiger partial charge in [0.1, 0.15) is 11.4 Å². The SMILES string of the molecule is CNc1c(N)cc(C(=O)N2C[C@H]3CC[C@@H]2[C@@H]3NC(=O)OC(C)(C)C)cc1OC. The first kappa shape index (κ1) is 20.1. The van der Waals surface area contributed by atoms with Crippen LogP contribution in [-0.2, 0) is 4.74 Å². The Morgan fingerprint density at radius 1 is 1.25 bits per heavy atom. The van der Waals surface area contributed by atoms with Crippen molar-refractivity contribution in [1.82, 2.24) is 10.2 Å². The molecule has 2 fully saturated rings. The highest BCUT2D eigenvalue weighted by molar-refractivity contribution is 5.98. The molecule has 3 rings (SSSR count). The van der Waals surface area contributed by atoms with E-state index in [9.17, 15) is 9.59 Å². The molecule has 1 aromatic rings. The average molecular weight is 390 g/mol. The van der Waals surface area contributed by atoms with E-state index in [0.29, 0.717) is 29.2 Å². The van der Waals surface area contributed by atoms with Gasteiger partial charge in [0.05, 0.1) is 30.6 Å². The number of nitrogens with one attached hydrogen (secondary N) is 2.